The van der Waals surface area contributed by atoms with E-state index in [-0.39, 0.29) is 23.8 Å². The Kier molecular flexibility index (Phi) is 7.80. The highest BCUT2D eigenvalue weighted by Gasteiger charge is 2.25. The molecule has 1 heterocycles. The molecular formula is C38H39N3O. The summed E-state index contributed by atoms with van der Waals surface area (Å²) in [5, 5.41) is 8.04. The van der Waals surface area contributed by atoms with Gasteiger partial charge in [0.15, 0.2) is 0 Å². The number of aromatic nitrogens is 1. The lowest BCUT2D eigenvalue weighted by atomic mass is 9.83. The standard InChI is InChI=1S/C38H39N3O/c1-24(2)29-17-11-18-30(25(3)4)37(29)41-38(42)32-20-9-14-27-22-23-33(40-36(27)32)31-19-8-12-26-13-10-21-34(35(26)31)39-28-15-6-5-7-16-28/h5-9,11-12,14-20,22-25,34,39H,10,13,21H2,1-4H3,(H,41,42). The van der Waals surface area contributed by atoms with Crippen molar-refractivity contribution in [2.24, 2.45) is 0 Å². The van der Waals surface area contributed by atoms with E-state index in [0.717, 1.165) is 63.9 Å². The number of pyridine rings is 1. The molecule has 0 saturated heterocycles. The van der Waals surface area contributed by atoms with Gasteiger partial charge in [0.25, 0.3) is 5.91 Å². The molecule has 1 unspecified atom stereocenters. The quantitative estimate of drug-likeness (QED) is 0.211. The van der Waals surface area contributed by atoms with Gasteiger partial charge in [0, 0.05) is 22.3 Å². The number of hydrogen-bond donors (Lipinski definition) is 2. The van der Waals surface area contributed by atoms with Crippen LogP contribution in [-0.2, 0) is 6.42 Å². The molecule has 0 bridgehead atoms. The van der Waals surface area contributed by atoms with Crippen LogP contribution in [0.2, 0.25) is 0 Å². The van der Waals surface area contributed by atoms with E-state index in [1.807, 2.05) is 24.3 Å². The second kappa shape index (κ2) is 11.8. The second-order valence-corrected chi connectivity index (χ2v) is 12.0. The van der Waals surface area contributed by atoms with E-state index >= 15 is 0 Å². The van der Waals surface area contributed by atoms with E-state index in [1.165, 1.54) is 11.1 Å². The van der Waals surface area contributed by atoms with Crippen LogP contribution in [0.25, 0.3) is 22.2 Å². The first-order valence-electron chi connectivity index (χ1n) is 15.2. The van der Waals surface area contributed by atoms with Gasteiger partial charge in [-0.15, -0.1) is 0 Å². The largest absolute Gasteiger partial charge is 0.378 e. The van der Waals surface area contributed by atoms with Crippen LogP contribution in [0.5, 0.6) is 0 Å². The topological polar surface area (TPSA) is 54.0 Å². The Bertz CT molecular complexity index is 1710. The third-order valence-electron chi connectivity index (χ3n) is 8.45. The first-order chi connectivity index (χ1) is 20.4. The van der Waals surface area contributed by atoms with E-state index in [2.05, 4.69) is 111 Å². The highest BCUT2D eigenvalue weighted by molar-refractivity contribution is 6.12. The molecule has 2 N–H and O–H groups in total. The monoisotopic (exact) mass is 553 g/mol. The minimum absolute atomic E-state index is 0.126. The Balaban J connectivity index is 1.41. The van der Waals surface area contributed by atoms with Gasteiger partial charge in [-0.05, 0) is 77.6 Å². The lowest BCUT2D eigenvalue weighted by Crippen LogP contribution is -2.19. The van der Waals surface area contributed by atoms with Gasteiger partial charge >= 0.3 is 0 Å². The average molecular weight is 554 g/mol. The van der Waals surface area contributed by atoms with Gasteiger partial charge in [-0.1, -0.05) is 100 Å². The zero-order chi connectivity index (χ0) is 29.2. The highest BCUT2D eigenvalue weighted by atomic mass is 16.1. The van der Waals surface area contributed by atoms with Crippen molar-refractivity contribution in [3.8, 4) is 11.3 Å². The van der Waals surface area contributed by atoms with Gasteiger partial charge in [0.05, 0.1) is 22.8 Å². The molecule has 1 aromatic heterocycles. The smallest absolute Gasteiger partial charge is 0.257 e. The molecule has 0 saturated carbocycles. The zero-order valence-corrected chi connectivity index (χ0v) is 24.9. The van der Waals surface area contributed by atoms with Gasteiger partial charge in [-0.3, -0.25) is 4.79 Å². The summed E-state index contributed by atoms with van der Waals surface area (Å²) < 4.78 is 0. The van der Waals surface area contributed by atoms with Gasteiger partial charge in [-0.2, -0.15) is 0 Å². The number of nitrogens with one attached hydrogen (secondary N) is 2. The number of amides is 1. The number of carbonyl (C=O) groups excluding carboxylic acids is 1. The van der Waals surface area contributed by atoms with Crippen molar-refractivity contribution in [2.45, 2.75) is 64.8 Å². The van der Waals surface area contributed by atoms with Crippen LogP contribution < -0.4 is 10.6 Å². The predicted octanol–water partition coefficient (Wildman–Crippen LogP) is 9.89. The maximum atomic E-state index is 14.0. The van der Waals surface area contributed by atoms with Crippen LogP contribution in [0.1, 0.15) is 91.0 Å². The van der Waals surface area contributed by atoms with Gasteiger partial charge in [0.1, 0.15) is 0 Å². The zero-order valence-electron chi connectivity index (χ0n) is 24.9. The summed E-state index contributed by atoms with van der Waals surface area (Å²) in [6.07, 6.45) is 3.27. The second-order valence-electron chi connectivity index (χ2n) is 12.0. The third-order valence-corrected chi connectivity index (χ3v) is 8.45. The normalized spacial score (nSPS) is 14.7. The van der Waals surface area contributed by atoms with Crippen LogP contribution in [0.4, 0.5) is 11.4 Å². The fraction of sp³-hybridized carbons (Fsp3) is 0.263. The van der Waals surface area contributed by atoms with E-state index in [0.29, 0.717) is 5.56 Å². The SMILES string of the molecule is CC(C)c1cccc(C(C)C)c1NC(=O)c1cccc2ccc(-c3cccc4c3C(Nc3ccccc3)CCC4)nc12. The Morgan fingerprint density at radius 1 is 0.786 bits per heavy atom. The summed E-state index contributed by atoms with van der Waals surface area (Å²) in [7, 11) is 0. The van der Waals surface area contributed by atoms with E-state index in [9.17, 15) is 4.79 Å². The minimum atomic E-state index is -0.126. The summed E-state index contributed by atoms with van der Waals surface area (Å²) in [5.41, 5.74) is 10.4. The lowest BCUT2D eigenvalue weighted by molar-refractivity contribution is 0.102. The molecule has 0 aliphatic heterocycles. The minimum Gasteiger partial charge on any atom is -0.378 e. The molecule has 212 valence electrons. The molecule has 1 amide bonds. The van der Waals surface area contributed by atoms with E-state index < -0.39 is 0 Å². The molecule has 4 nitrogen and oxygen atoms in total. The third kappa shape index (κ3) is 5.42. The maximum absolute atomic E-state index is 14.0. The van der Waals surface area contributed by atoms with Crippen LogP contribution in [0.3, 0.4) is 0 Å². The van der Waals surface area contributed by atoms with E-state index in [4.69, 9.17) is 4.98 Å². The van der Waals surface area contributed by atoms with Crippen molar-refractivity contribution in [2.75, 3.05) is 10.6 Å². The number of rotatable bonds is 7. The molecule has 0 fully saturated rings. The number of nitrogens with zero attached hydrogens (tertiary/aromatic N) is 1. The average Bonchev–Trinajstić information content (AvgIpc) is 3.00. The predicted molar refractivity (Wildman–Crippen MR) is 175 cm³/mol. The highest BCUT2D eigenvalue weighted by Crippen LogP contribution is 2.39. The van der Waals surface area contributed by atoms with Gasteiger partial charge in [-0.25, -0.2) is 4.98 Å². The number of anilines is 2. The van der Waals surface area contributed by atoms with Crippen molar-refractivity contribution in [3.63, 3.8) is 0 Å². The summed E-state index contributed by atoms with van der Waals surface area (Å²) in [6, 6.07) is 33.6. The Morgan fingerprint density at radius 2 is 1.50 bits per heavy atom. The number of fused-ring (bicyclic) bond motifs is 2. The molecule has 4 aromatic carbocycles. The van der Waals surface area contributed by atoms with Crippen molar-refractivity contribution >= 4 is 28.2 Å². The fourth-order valence-corrected chi connectivity index (χ4v) is 6.34. The van der Waals surface area contributed by atoms with Crippen LogP contribution in [-0.4, -0.2) is 10.9 Å². The van der Waals surface area contributed by atoms with Crippen LogP contribution in [0, 0.1) is 0 Å². The molecular weight excluding hydrogens is 514 g/mol. The number of carbonyl (C=O) groups is 1. The van der Waals surface area contributed by atoms with E-state index in [1.54, 1.807) is 0 Å². The molecule has 4 heteroatoms. The van der Waals surface area contributed by atoms with Crippen molar-refractivity contribution in [3.05, 3.63) is 125 Å². The van der Waals surface area contributed by atoms with Crippen molar-refractivity contribution in [1.82, 2.24) is 4.98 Å². The lowest BCUT2D eigenvalue weighted by Gasteiger charge is -2.29. The summed E-state index contributed by atoms with van der Waals surface area (Å²) in [6.45, 7) is 8.67. The summed E-state index contributed by atoms with van der Waals surface area (Å²) >= 11 is 0. The summed E-state index contributed by atoms with van der Waals surface area (Å²) in [5.74, 6) is 0.454. The molecule has 0 radical (unpaired) electrons. The number of hydrogen-bond acceptors (Lipinski definition) is 3. The molecule has 1 atom stereocenters. The fourth-order valence-electron chi connectivity index (χ4n) is 6.34. The molecule has 6 rings (SSSR count). The first kappa shape index (κ1) is 27.7. The first-order valence-corrected chi connectivity index (χ1v) is 15.2. The number of aryl methyl sites for hydroxylation is 1. The van der Waals surface area contributed by atoms with Crippen LogP contribution >= 0.6 is 0 Å². The van der Waals surface area contributed by atoms with Gasteiger partial charge < -0.3 is 10.6 Å². The Labute approximate surface area is 249 Å². The molecule has 5 aromatic rings. The summed E-state index contributed by atoms with van der Waals surface area (Å²) in [4.78, 5) is 19.1. The Hall–Kier alpha value is -4.44. The maximum Gasteiger partial charge on any atom is 0.257 e. The molecule has 0 spiro atoms. The molecule has 1 aliphatic rings. The van der Waals surface area contributed by atoms with Crippen LogP contribution in [0.15, 0.2) is 97.1 Å². The Morgan fingerprint density at radius 3 is 2.24 bits per heavy atom. The van der Waals surface area contributed by atoms with Crippen molar-refractivity contribution in [1.29, 1.82) is 0 Å². The van der Waals surface area contributed by atoms with Gasteiger partial charge in [0.2, 0.25) is 0 Å². The number of benzene rings is 4. The molecule has 1 aliphatic carbocycles. The van der Waals surface area contributed by atoms with Crippen molar-refractivity contribution < 1.29 is 4.79 Å². The molecule has 42 heavy (non-hydrogen) atoms. The number of para-hydroxylation sites is 3.